The van der Waals surface area contributed by atoms with E-state index in [-0.39, 0.29) is 37.2 Å². The lowest BCUT2D eigenvalue weighted by atomic mass is 10.0. The Balaban J connectivity index is 0.00000320. The van der Waals surface area contributed by atoms with Gasteiger partial charge in [0.05, 0.1) is 17.4 Å². The Labute approximate surface area is 177 Å². The lowest BCUT2D eigenvalue weighted by Crippen LogP contribution is -2.28. The number of phenolic OH excluding ortho intramolecular Hbond substituents is 1. The molecule has 1 amide bonds. The number of carbonyl (C=O) groups excluding carboxylic acids is 1. The predicted molar refractivity (Wildman–Crippen MR) is 107 cm³/mol. The number of ether oxygens (including phenoxy) is 1. The van der Waals surface area contributed by atoms with Crippen LogP contribution in [0.4, 0.5) is 18.9 Å². The summed E-state index contributed by atoms with van der Waals surface area (Å²) in [4.78, 5) is 11.4. The summed E-state index contributed by atoms with van der Waals surface area (Å²) >= 11 is 0. The summed E-state index contributed by atoms with van der Waals surface area (Å²) in [5.41, 5.74) is 0.553. The summed E-state index contributed by atoms with van der Waals surface area (Å²) in [6, 6.07) is 7.92. The minimum atomic E-state index is -4.36. The van der Waals surface area contributed by atoms with Gasteiger partial charge in [0.2, 0.25) is 0 Å². The molecule has 3 rings (SSSR count). The van der Waals surface area contributed by atoms with E-state index < -0.39 is 17.8 Å². The maximum absolute atomic E-state index is 12.7. The highest BCUT2D eigenvalue weighted by Crippen LogP contribution is 2.38. The summed E-state index contributed by atoms with van der Waals surface area (Å²) < 4.78 is 43.6. The number of rotatable bonds is 7. The molecule has 0 spiro atoms. The average Bonchev–Trinajstić information content (AvgIpc) is 2.66. The number of anilines is 1. The van der Waals surface area contributed by atoms with Crippen LogP contribution in [0.5, 0.6) is 11.5 Å². The van der Waals surface area contributed by atoms with Crippen molar-refractivity contribution in [3.63, 3.8) is 0 Å². The summed E-state index contributed by atoms with van der Waals surface area (Å²) in [5.74, 6) is -0.162. The van der Waals surface area contributed by atoms with Crippen molar-refractivity contribution in [2.45, 2.75) is 25.1 Å². The summed E-state index contributed by atoms with van der Waals surface area (Å²) in [7, 11) is 0. The van der Waals surface area contributed by atoms with Gasteiger partial charge in [0.25, 0.3) is 5.91 Å². The number of benzene rings is 2. The Morgan fingerprint density at radius 3 is 2.73 bits per heavy atom. The van der Waals surface area contributed by atoms with Crippen LogP contribution < -0.4 is 15.4 Å². The molecule has 2 aromatic rings. The zero-order chi connectivity index (χ0) is 21.0. The first-order valence-electron chi connectivity index (χ1n) is 9.08. The summed E-state index contributed by atoms with van der Waals surface area (Å²) in [5, 5.41) is 25.8. The number of aliphatic hydroxyl groups is 1. The van der Waals surface area contributed by atoms with Gasteiger partial charge in [-0.3, -0.25) is 4.79 Å². The molecule has 0 saturated carbocycles. The van der Waals surface area contributed by atoms with E-state index in [4.69, 9.17) is 4.74 Å². The van der Waals surface area contributed by atoms with Gasteiger partial charge in [-0.2, -0.15) is 13.2 Å². The number of amides is 1. The second kappa shape index (κ2) is 10.0. The smallest absolute Gasteiger partial charge is 0.416 e. The van der Waals surface area contributed by atoms with Crippen LogP contribution >= 0.6 is 12.4 Å². The molecule has 1 aliphatic heterocycles. The molecule has 30 heavy (non-hydrogen) atoms. The van der Waals surface area contributed by atoms with Crippen LogP contribution in [0.2, 0.25) is 0 Å². The molecule has 1 unspecified atom stereocenters. The van der Waals surface area contributed by atoms with E-state index in [1.165, 1.54) is 18.2 Å². The molecular formula is C20H22ClF3N2O4. The van der Waals surface area contributed by atoms with Crippen LogP contribution in [0.1, 0.15) is 29.2 Å². The molecule has 6 nitrogen and oxygen atoms in total. The first-order chi connectivity index (χ1) is 13.7. The van der Waals surface area contributed by atoms with Gasteiger partial charge in [-0.05, 0) is 37.1 Å². The largest absolute Gasteiger partial charge is 0.508 e. The number of nitrogens with one attached hydrogen (secondary N) is 2. The third-order valence-corrected chi connectivity index (χ3v) is 4.49. The number of fused-ring (bicyclic) bond motifs is 1. The molecule has 10 heteroatoms. The molecule has 0 bridgehead atoms. The van der Waals surface area contributed by atoms with Crippen molar-refractivity contribution < 1.29 is 32.9 Å². The first-order valence-corrected chi connectivity index (χ1v) is 9.08. The van der Waals surface area contributed by atoms with E-state index >= 15 is 0 Å². The highest BCUT2D eigenvalue weighted by molar-refractivity contribution is 5.96. The van der Waals surface area contributed by atoms with Crippen LogP contribution in [-0.2, 0) is 17.4 Å². The number of carbonyl (C=O) groups is 1. The van der Waals surface area contributed by atoms with E-state index in [2.05, 4.69) is 10.6 Å². The van der Waals surface area contributed by atoms with E-state index in [0.717, 1.165) is 12.1 Å². The highest BCUT2D eigenvalue weighted by atomic mass is 35.5. The topological polar surface area (TPSA) is 90.8 Å². The van der Waals surface area contributed by atoms with Gasteiger partial charge in [0.1, 0.15) is 11.5 Å². The van der Waals surface area contributed by atoms with Crippen molar-refractivity contribution in [2.24, 2.45) is 0 Å². The SMILES string of the molecule is Cl.O=C1COc2c(cc(O)cc2C(O)CNCCCc2cccc(C(F)(F)F)c2)N1. The van der Waals surface area contributed by atoms with Crippen molar-refractivity contribution in [1.82, 2.24) is 5.32 Å². The van der Waals surface area contributed by atoms with E-state index in [0.29, 0.717) is 42.0 Å². The number of phenols is 1. The quantitative estimate of drug-likeness (QED) is 0.489. The number of halogens is 4. The molecule has 0 fully saturated rings. The number of aromatic hydroxyl groups is 1. The van der Waals surface area contributed by atoms with Crippen molar-refractivity contribution in [3.05, 3.63) is 53.1 Å². The minimum Gasteiger partial charge on any atom is -0.508 e. The number of alkyl halides is 3. The van der Waals surface area contributed by atoms with Gasteiger partial charge in [-0.25, -0.2) is 0 Å². The third-order valence-electron chi connectivity index (χ3n) is 4.49. The zero-order valence-electron chi connectivity index (χ0n) is 15.8. The summed E-state index contributed by atoms with van der Waals surface area (Å²) in [6.07, 6.45) is -4.32. The van der Waals surface area contributed by atoms with Crippen LogP contribution in [0, 0.1) is 0 Å². The van der Waals surface area contributed by atoms with Crippen LogP contribution in [-0.4, -0.2) is 35.8 Å². The fourth-order valence-corrected chi connectivity index (χ4v) is 3.13. The van der Waals surface area contributed by atoms with Crippen LogP contribution in [0.3, 0.4) is 0 Å². The molecule has 0 radical (unpaired) electrons. The Morgan fingerprint density at radius 1 is 1.23 bits per heavy atom. The Morgan fingerprint density at radius 2 is 2.00 bits per heavy atom. The Hall–Kier alpha value is -2.49. The van der Waals surface area contributed by atoms with Gasteiger partial charge < -0.3 is 25.6 Å². The molecule has 0 aromatic heterocycles. The van der Waals surface area contributed by atoms with Gasteiger partial charge in [-0.15, -0.1) is 12.4 Å². The second-order valence-corrected chi connectivity index (χ2v) is 6.77. The van der Waals surface area contributed by atoms with Gasteiger partial charge >= 0.3 is 6.18 Å². The molecule has 2 aromatic carbocycles. The maximum Gasteiger partial charge on any atom is 0.416 e. The van der Waals surface area contributed by atoms with Crippen LogP contribution in [0.25, 0.3) is 0 Å². The zero-order valence-corrected chi connectivity index (χ0v) is 16.6. The van der Waals surface area contributed by atoms with Gasteiger partial charge in [0.15, 0.2) is 6.61 Å². The van der Waals surface area contributed by atoms with Crippen molar-refractivity contribution in [2.75, 3.05) is 25.0 Å². The first kappa shape index (κ1) is 23.8. The fourth-order valence-electron chi connectivity index (χ4n) is 3.13. The standard InChI is InChI=1S/C20H21F3N2O4.ClH/c21-20(22,23)13-5-1-3-12(7-13)4-2-6-24-10-17(27)15-8-14(26)9-16-19(15)29-11-18(28)25-16;/h1,3,5,7-9,17,24,26-27H,2,4,6,10-11H2,(H,25,28);1H. The number of hydrogen-bond donors (Lipinski definition) is 4. The van der Waals surface area contributed by atoms with E-state index in [1.54, 1.807) is 6.07 Å². The number of hydrogen-bond acceptors (Lipinski definition) is 5. The molecule has 0 aliphatic carbocycles. The second-order valence-electron chi connectivity index (χ2n) is 6.77. The molecule has 1 aliphatic rings. The highest BCUT2D eigenvalue weighted by Gasteiger charge is 2.30. The van der Waals surface area contributed by atoms with Crippen LogP contribution in [0.15, 0.2) is 36.4 Å². The predicted octanol–water partition coefficient (Wildman–Crippen LogP) is 3.42. The summed E-state index contributed by atoms with van der Waals surface area (Å²) in [6.45, 7) is 0.448. The number of aliphatic hydroxyl groups excluding tert-OH is 1. The average molecular weight is 447 g/mol. The molecule has 0 saturated heterocycles. The minimum absolute atomic E-state index is 0. The molecular weight excluding hydrogens is 425 g/mol. The lowest BCUT2D eigenvalue weighted by Gasteiger charge is -2.23. The fraction of sp³-hybridized carbons (Fsp3) is 0.350. The molecule has 1 atom stereocenters. The molecule has 164 valence electrons. The van der Waals surface area contributed by atoms with E-state index in [1.807, 2.05) is 0 Å². The Bertz CT molecular complexity index is 893. The lowest BCUT2D eigenvalue weighted by molar-refractivity contribution is -0.137. The molecule has 4 N–H and O–H groups in total. The number of aryl methyl sites for hydroxylation is 1. The van der Waals surface area contributed by atoms with Crippen molar-refractivity contribution in [1.29, 1.82) is 0 Å². The van der Waals surface area contributed by atoms with Crippen molar-refractivity contribution in [3.8, 4) is 11.5 Å². The monoisotopic (exact) mass is 446 g/mol. The normalized spacial score (nSPS) is 14.2. The van der Waals surface area contributed by atoms with Gasteiger partial charge in [-0.1, -0.05) is 18.2 Å². The maximum atomic E-state index is 12.7. The van der Waals surface area contributed by atoms with Crippen molar-refractivity contribution >= 4 is 24.0 Å². The Kier molecular flexibility index (Phi) is 7.94. The molecule has 1 heterocycles. The third kappa shape index (κ3) is 6.01. The van der Waals surface area contributed by atoms with Gasteiger partial charge in [0, 0.05) is 18.2 Å². The van der Waals surface area contributed by atoms with E-state index in [9.17, 15) is 28.2 Å².